The molecular formula is C27H26BrClN4O3. The van der Waals surface area contributed by atoms with Gasteiger partial charge in [-0.1, -0.05) is 57.9 Å². The number of hydrogen-bond donors (Lipinski definition) is 3. The third kappa shape index (κ3) is 6.51. The lowest BCUT2D eigenvalue weighted by atomic mass is 10.00. The monoisotopic (exact) mass is 568 g/mol. The summed E-state index contributed by atoms with van der Waals surface area (Å²) in [5.41, 5.74) is 4.45. The van der Waals surface area contributed by atoms with Crippen LogP contribution in [0, 0.1) is 0 Å². The zero-order valence-electron chi connectivity index (χ0n) is 19.7. The molecule has 0 saturated carbocycles. The van der Waals surface area contributed by atoms with Gasteiger partial charge in [0.25, 0.3) is 0 Å². The minimum Gasteiger partial charge on any atom is -0.380 e. The molecule has 1 heterocycles. The van der Waals surface area contributed by atoms with Crippen LogP contribution in [0.3, 0.4) is 0 Å². The van der Waals surface area contributed by atoms with E-state index < -0.39 is 6.04 Å². The van der Waals surface area contributed by atoms with Gasteiger partial charge in [0.15, 0.2) is 0 Å². The standard InChI is InChI=1S/C27H26BrClN4O3/c1-2-36-14-13-30-27(35)31-20-10-7-17(8-11-20)25-21-16-19(29)9-12-23(21)33-26(34)24(32-25)15-18-5-3-4-6-22(18)28/h3-12,16,24H,2,13-15H2,1H3,(H,33,34)(H2,30,31,35). The normalized spacial score (nSPS) is 14.8. The topological polar surface area (TPSA) is 91.8 Å². The number of nitrogens with one attached hydrogen (secondary N) is 3. The van der Waals surface area contributed by atoms with Gasteiger partial charge in [0.2, 0.25) is 5.91 Å². The number of anilines is 2. The highest BCUT2D eigenvalue weighted by Gasteiger charge is 2.27. The second-order valence-electron chi connectivity index (χ2n) is 8.12. The van der Waals surface area contributed by atoms with Gasteiger partial charge in [-0.3, -0.25) is 9.79 Å². The second-order valence-corrected chi connectivity index (χ2v) is 9.41. The van der Waals surface area contributed by atoms with E-state index in [1.165, 1.54) is 0 Å². The molecule has 0 fully saturated rings. The summed E-state index contributed by atoms with van der Waals surface area (Å²) in [6.45, 7) is 3.39. The second kappa shape index (κ2) is 12.2. The molecule has 3 amide bonds. The number of urea groups is 1. The van der Waals surface area contributed by atoms with Gasteiger partial charge in [0.1, 0.15) is 6.04 Å². The van der Waals surface area contributed by atoms with Crippen molar-refractivity contribution in [3.8, 4) is 0 Å². The molecule has 0 bridgehead atoms. The Morgan fingerprint density at radius 3 is 2.67 bits per heavy atom. The van der Waals surface area contributed by atoms with E-state index in [4.69, 9.17) is 21.3 Å². The van der Waals surface area contributed by atoms with E-state index in [0.717, 1.165) is 21.2 Å². The van der Waals surface area contributed by atoms with Crippen molar-refractivity contribution in [3.63, 3.8) is 0 Å². The van der Waals surface area contributed by atoms with E-state index in [1.54, 1.807) is 30.3 Å². The molecular weight excluding hydrogens is 544 g/mol. The van der Waals surface area contributed by atoms with Crippen molar-refractivity contribution < 1.29 is 14.3 Å². The number of halogens is 2. The van der Waals surface area contributed by atoms with E-state index in [9.17, 15) is 9.59 Å². The number of nitrogens with zero attached hydrogens (tertiary/aromatic N) is 1. The molecule has 7 nitrogen and oxygen atoms in total. The molecule has 186 valence electrons. The molecule has 0 aliphatic carbocycles. The molecule has 1 unspecified atom stereocenters. The number of benzene rings is 3. The Kier molecular flexibility index (Phi) is 8.74. The van der Waals surface area contributed by atoms with Crippen molar-refractivity contribution in [2.24, 2.45) is 4.99 Å². The lowest BCUT2D eigenvalue weighted by Crippen LogP contribution is -2.31. The summed E-state index contributed by atoms with van der Waals surface area (Å²) >= 11 is 9.88. The smallest absolute Gasteiger partial charge is 0.319 e. The van der Waals surface area contributed by atoms with Crippen LogP contribution in [-0.2, 0) is 16.0 Å². The van der Waals surface area contributed by atoms with Crippen LogP contribution >= 0.6 is 27.5 Å². The van der Waals surface area contributed by atoms with Crippen LogP contribution in [0.1, 0.15) is 23.6 Å². The van der Waals surface area contributed by atoms with Crippen LogP contribution in [0.25, 0.3) is 0 Å². The third-order valence-electron chi connectivity index (χ3n) is 5.61. The molecule has 3 N–H and O–H groups in total. The zero-order valence-corrected chi connectivity index (χ0v) is 22.0. The Balaban J connectivity index is 1.61. The number of carbonyl (C=O) groups is 2. The van der Waals surface area contributed by atoms with Gasteiger partial charge >= 0.3 is 6.03 Å². The number of ether oxygens (including phenoxy) is 1. The minimum absolute atomic E-state index is 0.189. The number of rotatable bonds is 8. The third-order valence-corrected chi connectivity index (χ3v) is 6.61. The van der Waals surface area contributed by atoms with Gasteiger partial charge in [0, 0.05) is 45.9 Å². The van der Waals surface area contributed by atoms with E-state index in [-0.39, 0.29) is 11.9 Å². The molecule has 3 aromatic carbocycles. The molecule has 1 aliphatic heterocycles. The summed E-state index contributed by atoms with van der Waals surface area (Å²) in [5, 5.41) is 9.10. The van der Waals surface area contributed by atoms with Crippen LogP contribution in [0.5, 0.6) is 0 Å². The Morgan fingerprint density at radius 2 is 1.92 bits per heavy atom. The fourth-order valence-electron chi connectivity index (χ4n) is 3.83. The van der Waals surface area contributed by atoms with Crippen molar-refractivity contribution >= 4 is 56.6 Å². The average molecular weight is 570 g/mol. The number of aliphatic imine (C=N–C) groups is 1. The number of amides is 3. The van der Waals surface area contributed by atoms with Crippen molar-refractivity contribution in [2.75, 3.05) is 30.4 Å². The van der Waals surface area contributed by atoms with Gasteiger partial charge in [-0.05, 0) is 48.9 Å². The first-order valence-corrected chi connectivity index (χ1v) is 12.8. The highest BCUT2D eigenvalue weighted by atomic mass is 79.9. The SMILES string of the molecule is CCOCCNC(=O)Nc1ccc(C2=NC(Cc3ccccc3Br)C(=O)Nc3ccc(Cl)cc32)cc1. The molecule has 9 heteroatoms. The Morgan fingerprint density at radius 1 is 1.14 bits per heavy atom. The Bertz CT molecular complexity index is 1280. The molecule has 0 aromatic heterocycles. The predicted molar refractivity (Wildman–Crippen MR) is 147 cm³/mol. The van der Waals surface area contributed by atoms with Crippen LogP contribution < -0.4 is 16.0 Å². The van der Waals surface area contributed by atoms with E-state index >= 15 is 0 Å². The molecule has 1 atom stereocenters. The maximum atomic E-state index is 13.1. The van der Waals surface area contributed by atoms with Crippen molar-refractivity contribution in [1.82, 2.24) is 5.32 Å². The largest absolute Gasteiger partial charge is 0.380 e. The summed E-state index contributed by atoms with van der Waals surface area (Å²) in [5.74, 6) is -0.189. The lowest BCUT2D eigenvalue weighted by Gasteiger charge is -2.13. The first kappa shape index (κ1) is 25.9. The number of carbonyl (C=O) groups excluding carboxylic acids is 2. The van der Waals surface area contributed by atoms with Crippen molar-refractivity contribution in [3.05, 3.63) is 92.9 Å². The van der Waals surface area contributed by atoms with Crippen LogP contribution in [-0.4, -0.2) is 43.5 Å². The summed E-state index contributed by atoms with van der Waals surface area (Å²) in [4.78, 5) is 30.2. The maximum Gasteiger partial charge on any atom is 0.319 e. The van der Waals surface area contributed by atoms with Gasteiger partial charge in [-0.2, -0.15) is 0 Å². The Labute approximate surface area is 223 Å². The molecule has 36 heavy (non-hydrogen) atoms. The molecule has 0 spiro atoms. The van der Waals surface area contributed by atoms with Crippen LogP contribution in [0.15, 0.2) is 76.2 Å². The average Bonchev–Trinajstić information content (AvgIpc) is 3.00. The minimum atomic E-state index is -0.640. The van der Waals surface area contributed by atoms with E-state index in [2.05, 4.69) is 31.9 Å². The van der Waals surface area contributed by atoms with Crippen molar-refractivity contribution in [1.29, 1.82) is 0 Å². The van der Waals surface area contributed by atoms with Crippen LogP contribution in [0.2, 0.25) is 5.02 Å². The molecule has 1 aliphatic rings. The number of benzodiazepines with no additional fused rings is 1. The van der Waals surface area contributed by atoms with Gasteiger partial charge in [-0.25, -0.2) is 4.79 Å². The summed E-state index contributed by atoms with van der Waals surface area (Å²) in [7, 11) is 0. The van der Waals surface area contributed by atoms with Crippen molar-refractivity contribution in [2.45, 2.75) is 19.4 Å². The fraction of sp³-hybridized carbons (Fsp3) is 0.222. The van der Waals surface area contributed by atoms with Gasteiger partial charge in [0.05, 0.1) is 18.0 Å². The first-order valence-electron chi connectivity index (χ1n) is 11.6. The highest BCUT2D eigenvalue weighted by Crippen LogP contribution is 2.29. The summed E-state index contributed by atoms with van der Waals surface area (Å²) in [6, 6.07) is 19.5. The summed E-state index contributed by atoms with van der Waals surface area (Å²) in [6.07, 6.45) is 0.431. The number of fused-ring (bicyclic) bond motifs is 1. The maximum absolute atomic E-state index is 13.1. The quantitative estimate of drug-likeness (QED) is 0.306. The van der Waals surface area contributed by atoms with Crippen LogP contribution in [0.4, 0.5) is 16.2 Å². The number of hydrogen-bond acceptors (Lipinski definition) is 4. The summed E-state index contributed by atoms with van der Waals surface area (Å²) < 4.78 is 6.15. The van der Waals surface area contributed by atoms with E-state index in [1.807, 2.05) is 43.3 Å². The highest BCUT2D eigenvalue weighted by molar-refractivity contribution is 9.10. The van der Waals surface area contributed by atoms with Gasteiger partial charge < -0.3 is 20.7 Å². The molecule has 3 aromatic rings. The first-order chi connectivity index (χ1) is 17.4. The van der Waals surface area contributed by atoms with Gasteiger partial charge in [-0.15, -0.1) is 0 Å². The predicted octanol–water partition coefficient (Wildman–Crippen LogP) is 5.66. The molecule has 0 saturated heterocycles. The van der Waals surface area contributed by atoms with E-state index in [0.29, 0.717) is 48.3 Å². The lowest BCUT2D eigenvalue weighted by molar-refractivity contribution is -0.117. The Hall–Kier alpha value is -3.20. The fourth-order valence-corrected chi connectivity index (χ4v) is 4.45. The molecule has 0 radical (unpaired) electrons. The zero-order chi connectivity index (χ0) is 25.5. The molecule has 4 rings (SSSR count).